The van der Waals surface area contributed by atoms with Crippen LogP contribution >= 0.6 is 11.8 Å². The number of rotatable bonds is 8. The van der Waals surface area contributed by atoms with Gasteiger partial charge in [0.2, 0.25) is 11.8 Å². The lowest BCUT2D eigenvalue weighted by atomic mass is 9.99. The maximum Gasteiger partial charge on any atom is 0.240 e. The van der Waals surface area contributed by atoms with Gasteiger partial charge in [-0.1, -0.05) is 60.2 Å². The molecule has 4 aromatic rings. The largest absolute Gasteiger partial charge is 0.383 e. The third kappa shape index (κ3) is 5.66. The highest BCUT2D eigenvalue weighted by molar-refractivity contribution is 8.00. The molecule has 0 radical (unpaired) electrons. The number of benzene rings is 3. The lowest BCUT2D eigenvalue weighted by Crippen LogP contribution is -2.43. The summed E-state index contributed by atoms with van der Waals surface area (Å²) in [5, 5.41) is 7.52. The Bertz CT molecular complexity index is 1540. The third-order valence-corrected chi connectivity index (χ3v) is 8.05. The molecule has 7 nitrogen and oxygen atoms in total. The van der Waals surface area contributed by atoms with Crippen molar-refractivity contribution in [3.63, 3.8) is 0 Å². The quantitative estimate of drug-likeness (QED) is 0.300. The number of methoxy groups -OCH3 is 1. The summed E-state index contributed by atoms with van der Waals surface area (Å²) >= 11 is 1.41. The van der Waals surface area contributed by atoms with E-state index in [-0.39, 0.29) is 29.9 Å². The highest BCUT2D eigenvalue weighted by Gasteiger charge is 2.38. The zero-order valence-corrected chi connectivity index (χ0v) is 23.5. The summed E-state index contributed by atoms with van der Waals surface area (Å²) < 4.78 is 21.3. The minimum absolute atomic E-state index is 0.113. The second-order valence-corrected chi connectivity index (χ2v) is 10.8. The molecule has 2 amide bonds. The Morgan fingerprint density at radius 2 is 1.90 bits per heavy atom. The van der Waals surface area contributed by atoms with Gasteiger partial charge in [-0.05, 0) is 43.2 Å². The van der Waals surface area contributed by atoms with Crippen LogP contribution in [0.4, 0.5) is 10.2 Å². The van der Waals surface area contributed by atoms with Crippen molar-refractivity contribution in [3.8, 4) is 16.9 Å². The van der Waals surface area contributed by atoms with Gasteiger partial charge in [0.25, 0.3) is 0 Å². The molecule has 2 heterocycles. The van der Waals surface area contributed by atoms with Gasteiger partial charge in [0.15, 0.2) is 0 Å². The Kier molecular flexibility index (Phi) is 8.32. The second-order valence-electron chi connectivity index (χ2n) is 9.72. The van der Waals surface area contributed by atoms with Crippen LogP contribution in [-0.2, 0) is 14.3 Å². The predicted molar refractivity (Wildman–Crippen MR) is 156 cm³/mol. The Morgan fingerprint density at radius 1 is 1.10 bits per heavy atom. The van der Waals surface area contributed by atoms with Gasteiger partial charge in [0.05, 0.1) is 29.0 Å². The number of carbonyl (C=O) groups excluding carboxylic acids is 2. The SMILES string of the molecule is COCCNC(=O)CN1C(=O)CS[C@H](c2cccc(F)c2)c2c(-c3ccccc3)nn(-c3ccc(C)cc3C)c21. The van der Waals surface area contributed by atoms with E-state index in [1.54, 1.807) is 17.9 Å². The van der Waals surface area contributed by atoms with Gasteiger partial charge in [-0.2, -0.15) is 5.10 Å². The molecule has 5 rings (SSSR count). The standard InChI is InChI=1S/C31H31FN4O3S/c1-20-12-13-25(21(2)16-20)36-31-28(29(34-36)22-8-5-4-6-9-22)30(23-10-7-11-24(32)17-23)40-19-27(38)35(31)18-26(37)33-14-15-39-3/h4-13,16-17,30H,14-15,18-19H2,1-3H3,(H,33,37)/t30-/m1/s1. The second kappa shape index (κ2) is 12.1. The number of halogens is 1. The average molecular weight is 559 g/mol. The molecule has 206 valence electrons. The molecule has 40 heavy (non-hydrogen) atoms. The Hall–Kier alpha value is -3.95. The molecule has 1 atom stereocenters. The normalized spacial score (nSPS) is 15.1. The first-order chi connectivity index (χ1) is 19.4. The van der Waals surface area contributed by atoms with E-state index in [4.69, 9.17) is 9.84 Å². The highest BCUT2D eigenvalue weighted by Crippen LogP contribution is 2.48. The fourth-order valence-corrected chi connectivity index (χ4v) is 6.15. The van der Waals surface area contributed by atoms with Crippen LogP contribution in [0.5, 0.6) is 0 Å². The number of nitrogens with one attached hydrogen (secondary N) is 1. The summed E-state index contributed by atoms with van der Waals surface area (Å²) in [5.74, 6) is -0.259. The van der Waals surface area contributed by atoms with Gasteiger partial charge >= 0.3 is 0 Å². The zero-order valence-electron chi connectivity index (χ0n) is 22.7. The Morgan fingerprint density at radius 3 is 2.62 bits per heavy atom. The lowest BCUT2D eigenvalue weighted by molar-refractivity contribution is -0.123. The number of ether oxygens (including phenoxy) is 1. The van der Waals surface area contributed by atoms with Crippen molar-refractivity contribution in [3.05, 3.63) is 101 Å². The molecule has 0 fully saturated rings. The van der Waals surface area contributed by atoms with Gasteiger partial charge in [-0.3, -0.25) is 14.5 Å². The summed E-state index contributed by atoms with van der Waals surface area (Å²) in [6.45, 7) is 4.53. The van der Waals surface area contributed by atoms with Crippen molar-refractivity contribution in [1.29, 1.82) is 0 Å². The first-order valence-corrected chi connectivity index (χ1v) is 14.1. The predicted octanol–water partition coefficient (Wildman–Crippen LogP) is 5.23. The van der Waals surface area contributed by atoms with E-state index in [9.17, 15) is 14.0 Å². The van der Waals surface area contributed by atoms with Crippen molar-refractivity contribution >= 4 is 29.4 Å². The van der Waals surface area contributed by atoms with Crippen LogP contribution in [0.3, 0.4) is 0 Å². The van der Waals surface area contributed by atoms with Crippen LogP contribution in [0.25, 0.3) is 16.9 Å². The summed E-state index contributed by atoms with van der Waals surface area (Å²) in [6, 6.07) is 22.2. The number of aryl methyl sites for hydroxylation is 2. The van der Waals surface area contributed by atoms with E-state index in [0.29, 0.717) is 24.7 Å². The number of aromatic nitrogens is 2. The molecule has 0 aliphatic carbocycles. The minimum atomic E-state index is -0.397. The number of anilines is 1. The highest BCUT2D eigenvalue weighted by atomic mass is 32.2. The van der Waals surface area contributed by atoms with E-state index in [1.165, 1.54) is 28.8 Å². The monoisotopic (exact) mass is 558 g/mol. The van der Waals surface area contributed by atoms with Crippen molar-refractivity contribution in [2.24, 2.45) is 0 Å². The van der Waals surface area contributed by atoms with Crippen LogP contribution in [0, 0.1) is 19.7 Å². The third-order valence-electron chi connectivity index (χ3n) is 6.80. The summed E-state index contributed by atoms with van der Waals surface area (Å²) in [7, 11) is 1.56. The number of nitrogens with zero attached hydrogens (tertiary/aromatic N) is 3. The summed E-state index contributed by atoms with van der Waals surface area (Å²) in [6.07, 6.45) is 0. The number of thioether (sulfide) groups is 1. The van der Waals surface area contributed by atoms with Crippen molar-refractivity contribution < 1.29 is 18.7 Å². The molecule has 1 N–H and O–H groups in total. The van der Waals surface area contributed by atoms with Crippen molar-refractivity contribution in [1.82, 2.24) is 15.1 Å². The summed E-state index contributed by atoms with van der Waals surface area (Å²) in [5.41, 5.74) is 5.90. The van der Waals surface area contributed by atoms with Crippen LogP contribution in [-0.4, -0.2) is 54.2 Å². The molecular formula is C31H31FN4O3S. The first-order valence-electron chi connectivity index (χ1n) is 13.1. The maximum atomic E-state index is 14.5. The first kappa shape index (κ1) is 27.6. The smallest absolute Gasteiger partial charge is 0.240 e. The van der Waals surface area contributed by atoms with Gasteiger partial charge in [-0.25, -0.2) is 9.07 Å². The Labute approximate surface area is 237 Å². The topological polar surface area (TPSA) is 76.5 Å². The van der Waals surface area contributed by atoms with Gasteiger partial charge in [-0.15, -0.1) is 11.8 Å². The van der Waals surface area contributed by atoms with Crippen LogP contribution in [0.1, 0.15) is 27.5 Å². The molecule has 0 saturated carbocycles. The average Bonchev–Trinajstić information content (AvgIpc) is 3.25. The molecule has 0 bridgehead atoms. The van der Waals surface area contributed by atoms with Crippen LogP contribution < -0.4 is 10.2 Å². The number of hydrogen-bond donors (Lipinski definition) is 1. The molecule has 0 saturated heterocycles. The maximum absolute atomic E-state index is 14.5. The van der Waals surface area contributed by atoms with E-state index in [1.807, 2.05) is 62.4 Å². The van der Waals surface area contributed by atoms with Gasteiger partial charge in [0.1, 0.15) is 18.2 Å². The molecule has 3 aromatic carbocycles. The minimum Gasteiger partial charge on any atom is -0.383 e. The number of carbonyl (C=O) groups is 2. The van der Waals surface area contributed by atoms with Gasteiger partial charge in [0, 0.05) is 24.8 Å². The lowest BCUT2D eigenvalue weighted by Gasteiger charge is -2.24. The van der Waals surface area contributed by atoms with E-state index in [0.717, 1.165) is 33.5 Å². The summed E-state index contributed by atoms with van der Waals surface area (Å²) in [4.78, 5) is 28.3. The number of hydrogen-bond acceptors (Lipinski definition) is 5. The molecular weight excluding hydrogens is 527 g/mol. The number of fused-ring (bicyclic) bond motifs is 1. The van der Waals surface area contributed by atoms with Crippen molar-refractivity contribution in [2.45, 2.75) is 19.1 Å². The van der Waals surface area contributed by atoms with Crippen LogP contribution in [0.15, 0.2) is 72.8 Å². The molecule has 0 unspecified atom stereocenters. The van der Waals surface area contributed by atoms with E-state index in [2.05, 4.69) is 11.4 Å². The molecule has 0 spiro atoms. The fourth-order valence-electron chi connectivity index (χ4n) is 4.96. The van der Waals surface area contributed by atoms with Crippen LogP contribution in [0.2, 0.25) is 0 Å². The zero-order chi connectivity index (χ0) is 28.2. The fraction of sp³-hybridized carbons (Fsp3) is 0.258. The molecule has 1 aliphatic heterocycles. The Balaban J connectivity index is 1.78. The van der Waals surface area contributed by atoms with E-state index >= 15 is 0 Å². The molecule has 9 heteroatoms. The number of amides is 2. The molecule has 1 aliphatic rings. The van der Waals surface area contributed by atoms with Gasteiger partial charge < -0.3 is 10.1 Å². The molecule has 1 aromatic heterocycles. The van der Waals surface area contributed by atoms with E-state index < -0.39 is 5.25 Å². The van der Waals surface area contributed by atoms with Crippen molar-refractivity contribution in [2.75, 3.05) is 37.5 Å².